The number of aromatic carboxylic acids is 1. The minimum atomic E-state index is -1.15. The van der Waals surface area contributed by atoms with Crippen LogP contribution in [0.5, 0.6) is 0 Å². The van der Waals surface area contributed by atoms with Crippen molar-refractivity contribution >= 4 is 17.8 Å². The predicted octanol–water partition coefficient (Wildman–Crippen LogP) is 0.867. The molecule has 2 rings (SSSR count). The number of hydrogen-bond acceptors (Lipinski definition) is 4. The maximum atomic E-state index is 12.1. The van der Waals surface area contributed by atoms with E-state index in [1.54, 1.807) is 11.8 Å². The van der Waals surface area contributed by atoms with Crippen molar-refractivity contribution in [2.24, 2.45) is 0 Å². The maximum Gasteiger partial charge on any atom is 0.371 e. The summed E-state index contributed by atoms with van der Waals surface area (Å²) in [6.07, 6.45) is 0.807. The van der Waals surface area contributed by atoms with Crippen LogP contribution in [0.1, 0.15) is 35.2 Å². The Morgan fingerprint density at radius 1 is 1.29 bits per heavy atom. The van der Waals surface area contributed by atoms with Gasteiger partial charge in [-0.2, -0.15) is 0 Å². The molecule has 0 bridgehead atoms. The van der Waals surface area contributed by atoms with Crippen LogP contribution in [0.25, 0.3) is 0 Å². The molecule has 1 saturated heterocycles. The largest absolute Gasteiger partial charge is 0.475 e. The van der Waals surface area contributed by atoms with Gasteiger partial charge in [-0.05, 0) is 19.4 Å². The fraction of sp³-hybridized carbons (Fsp3) is 0.500. The normalized spacial score (nSPS) is 15.7. The van der Waals surface area contributed by atoms with Gasteiger partial charge in [-0.25, -0.2) is 4.79 Å². The number of carbonyl (C=O) groups excluding carboxylic acids is 2. The lowest BCUT2D eigenvalue weighted by Crippen LogP contribution is -2.53. The number of carboxylic acid groups (broad SMARTS) is 1. The van der Waals surface area contributed by atoms with Crippen molar-refractivity contribution in [3.8, 4) is 0 Å². The third-order valence-electron chi connectivity index (χ3n) is 3.48. The highest BCUT2D eigenvalue weighted by molar-refractivity contribution is 6.35. The van der Waals surface area contributed by atoms with Gasteiger partial charge in [-0.15, -0.1) is 0 Å². The van der Waals surface area contributed by atoms with Crippen molar-refractivity contribution in [2.75, 3.05) is 19.6 Å². The zero-order valence-electron chi connectivity index (χ0n) is 12.1. The minimum Gasteiger partial charge on any atom is -0.475 e. The molecule has 1 aliphatic rings. The molecular weight excluding hydrogens is 276 g/mol. The van der Waals surface area contributed by atoms with E-state index in [2.05, 4.69) is 0 Å². The number of rotatable bonds is 5. The highest BCUT2D eigenvalue weighted by atomic mass is 16.4. The summed E-state index contributed by atoms with van der Waals surface area (Å²) in [6.45, 7) is 5.30. The maximum absolute atomic E-state index is 12.1. The van der Waals surface area contributed by atoms with E-state index in [-0.39, 0.29) is 12.3 Å². The number of piperazine rings is 1. The Morgan fingerprint density at radius 3 is 2.48 bits per heavy atom. The van der Waals surface area contributed by atoms with Gasteiger partial charge in [0, 0.05) is 31.7 Å². The van der Waals surface area contributed by atoms with Gasteiger partial charge in [0.15, 0.2) is 0 Å². The van der Waals surface area contributed by atoms with E-state index in [0.29, 0.717) is 31.0 Å². The summed E-state index contributed by atoms with van der Waals surface area (Å²) in [7, 11) is 0. The zero-order chi connectivity index (χ0) is 15.6. The minimum absolute atomic E-state index is 0.161. The summed E-state index contributed by atoms with van der Waals surface area (Å²) >= 11 is 0. The fourth-order valence-electron chi connectivity index (χ4n) is 2.34. The van der Waals surface area contributed by atoms with Crippen molar-refractivity contribution < 1.29 is 23.9 Å². The Kier molecular flexibility index (Phi) is 4.30. The van der Waals surface area contributed by atoms with E-state index in [1.165, 1.54) is 11.0 Å². The Morgan fingerprint density at radius 2 is 1.90 bits per heavy atom. The third-order valence-corrected chi connectivity index (χ3v) is 3.48. The Labute approximate surface area is 122 Å². The van der Waals surface area contributed by atoms with Crippen LogP contribution in [0.15, 0.2) is 10.5 Å². The van der Waals surface area contributed by atoms with E-state index >= 15 is 0 Å². The Balaban J connectivity index is 2.09. The number of furan rings is 1. The number of amides is 2. The molecule has 0 aromatic carbocycles. The molecular formula is C14H18N2O5. The lowest BCUT2D eigenvalue weighted by Gasteiger charge is -2.33. The molecule has 7 nitrogen and oxygen atoms in total. The van der Waals surface area contributed by atoms with E-state index in [4.69, 9.17) is 9.52 Å². The first-order chi connectivity index (χ1) is 9.93. The van der Waals surface area contributed by atoms with Gasteiger partial charge in [0.25, 0.3) is 0 Å². The van der Waals surface area contributed by atoms with Gasteiger partial charge in [0.05, 0.1) is 0 Å². The van der Waals surface area contributed by atoms with E-state index < -0.39 is 17.8 Å². The van der Waals surface area contributed by atoms with Crippen LogP contribution in [-0.4, -0.2) is 52.3 Å². The van der Waals surface area contributed by atoms with Crippen LogP contribution in [0, 0.1) is 6.92 Å². The second-order valence-electron chi connectivity index (χ2n) is 5.02. The quantitative estimate of drug-likeness (QED) is 0.814. The topological polar surface area (TPSA) is 91.1 Å². The summed E-state index contributed by atoms with van der Waals surface area (Å²) in [6, 6.07) is 1.40. The second-order valence-corrected chi connectivity index (χ2v) is 5.02. The summed E-state index contributed by atoms with van der Waals surface area (Å²) in [5.74, 6) is -1.91. The van der Waals surface area contributed by atoms with Crippen LogP contribution in [0.4, 0.5) is 0 Å². The Hall–Kier alpha value is -2.31. The van der Waals surface area contributed by atoms with Crippen LogP contribution >= 0.6 is 0 Å². The summed E-state index contributed by atoms with van der Waals surface area (Å²) < 4.78 is 5.11. The number of carboxylic acids is 1. The van der Waals surface area contributed by atoms with Gasteiger partial charge in [0.1, 0.15) is 5.76 Å². The molecule has 2 amide bonds. The van der Waals surface area contributed by atoms with Crippen molar-refractivity contribution in [1.82, 2.24) is 9.80 Å². The molecule has 1 N–H and O–H groups in total. The molecule has 1 fully saturated rings. The van der Waals surface area contributed by atoms with Crippen LogP contribution in [0.2, 0.25) is 0 Å². The number of nitrogens with zero attached hydrogens (tertiary/aromatic N) is 2. The standard InChI is InChI=1S/C14H18N2O5/c1-3-4-15-5-6-16(13(18)12(15)17)8-10-7-11(14(19)20)21-9(10)2/h7H,3-6,8H2,1-2H3,(H,19,20). The van der Waals surface area contributed by atoms with Crippen molar-refractivity contribution in [3.05, 3.63) is 23.2 Å². The molecule has 2 heterocycles. The SMILES string of the molecule is CCCN1CCN(Cc2cc(C(=O)O)oc2C)C(=O)C1=O. The molecule has 0 radical (unpaired) electrons. The van der Waals surface area contributed by atoms with Crippen molar-refractivity contribution in [3.63, 3.8) is 0 Å². The first kappa shape index (κ1) is 15.1. The van der Waals surface area contributed by atoms with Gasteiger partial charge >= 0.3 is 17.8 Å². The van der Waals surface area contributed by atoms with Gasteiger partial charge in [0.2, 0.25) is 5.76 Å². The molecule has 0 atom stereocenters. The molecule has 0 aliphatic carbocycles. The fourth-order valence-corrected chi connectivity index (χ4v) is 2.34. The lowest BCUT2D eigenvalue weighted by molar-refractivity contribution is -0.156. The average molecular weight is 294 g/mol. The predicted molar refractivity (Wildman–Crippen MR) is 72.7 cm³/mol. The highest BCUT2D eigenvalue weighted by Crippen LogP contribution is 2.18. The van der Waals surface area contributed by atoms with E-state index in [1.807, 2.05) is 6.92 Å². The molecule has 1 aromatic heterocycles. The summed E-state index contributed by atoms with van der Waals surface area (Å²) in [4.78, 5) is 37.8. The molecule has 1 aromatic rings. The van der Waals surface area contributed by atoms with Crippen molar-refractivity contribution in [1.29, 1.82) is 0 Å². The monoisotopic (exact) mass is 294 g/mol. The summed E-state index contributed by atoms with van der Waals surface area (Å²) in [5, 5.41) is 8.88. The van der Waals surface area contributed by atoms with Gasteiger partial charge in [-0.1, -0.05) is 6.92 Å². The van der Waals surface area contributed by atoms with Crippen LogP contribution < -0.4 is 0 Å². The summed E-state index contributed by atoms with van der Waals surface area (Å²) in [5.41, 5.74) is 0.609. The highest BCUT2D eigenvalue weighted by Gasteiger charge is 2.32. The molecule has 21 heavy (non-hydrogen) atoms. The second kappa shape index (κ2) is 5.99. The van der Waals surface area contributed by atoms with Gasteiger partial charge in [-0.3, -0.25) is 9.59 Å². The van der Waals surface area contributed by atoms with E-state index in [0.717, 1.165) is 6.42 Å². The third kappa shape index (κ3) is 3.07. The molecule has 0 spiro atoms. The average Bonchev–Trinajstić information content (AvgIpc) is 2.80. The number of aryl methyl sites for hydroxylation is 1. The first-order valence-electron chi connectivity index (χ1n) is 6.84. The van der Waals surface area contributed by atoms with Crippen LogP contribution in [0.3, 0.4) is 0 Å². The van der Waals surface area contributed by atoms with Crippen molar-refractivity contribution in [2.45, 2.75) is 26.8 Å². The number of hydrogen-bond donors (Lipinski definition) is 1. The molecule has 0 saturated carbocycles. The van der Waals surface area contributed by atoms with Gasteiger partial charge < -0.3 is 19.3 Å². The molecule has 0 unspecified atom stereocenters. The Bertz CT molecular complexity index is 578. The lowest BCUT2D eigenvalue weighted by atomic mass is 10.2. The van der Waals surface area contributed by atoms with E-state index in [9.17, 15) is 14.4 Å². The smallest absolute Gasteiger partial charge is 0.371 e. The zero-order valence-corrected chi connectivity index (χ0v) is 12.1. The number of carbonyl (C=O) groups is 3. The molecule has 114 valence electrons. The first-order valence-corrected chi connectivity index (χ1v) is 6.84. The molecule has 1 aliphatic heterocycles. The van der Waals surface area contributed by atoms with Crippen LogP contribution in [-0.2, 0) is 16.1 Å². The molecule has 7 heteroatoms.